The van der Waals surface area contributed by atoms with E-state index in [1.807, 2.05) is 43.0 Å². The van der Waals surface area contributed by atoms with Gasteiger partial charge in [0, 0.05) is 31.1 Å². The highest BCUT2D eigenvalue weighted by atomic mass is 32.2. The largest absolute Gasteiger partial charge is 0.325 e. The Balaban J connectivity index is 1.45. The van der Waals surface area contributed by atoms with Gasteiger partial charge in [-0.3, -0.25) is 14.5 Å². The molecule has 3 fully saturated rings. The van der Waals surface area contributed by atoms with Crippen molar-refractivity contribution in [1.82, 2.24) is 10.2 Å². The first-order valence-electron chi connectivity index (χ1n) is 9.07. The molecule has 0 bridgehead atoms. The van der Waals surface area contributed by atoms with Crippen LogP contribution < -0.4 is 10.2 Å². The molecule has 0 radical (unpaired) electrons. The van der Waals surface area contributed by atoms with Crippen molar-refractivity contribution in [2.45, 2.75) is 31.7 Å². The molecule has 0 aliphatic carbocycles. The molecule has 0 aromatic heterocycles. The Labute approximate surface area is 157 Å². The molecule has 1 aromatic rings. The summed E-state index contributed by atoms with van der Waals surface area (Å²) in [6, 6.07) is 7.55. The first-order valence-corrected chi connectivity index (χ1v) is 10.2. The molecule has 3 aliphatic rings. The molecule has 4 amide bonds. The van der Waals surface area contributed by atoms with E-state index in [0.717, 1.165) is 22.8 Å². The zero-order valence-corrected chi connectivity index (χ0v) is 15.7. The third kappa shape index (κ3) is 2.98. The third-order valence-corrected chi connectivity index (χ3v) is 6.57. The summed E-state index contributed by atoms with van der Waals surface area (Å²) in [5.74, 6) is 1.71. The fourth-order valence-electron chi connectivity index (χ4n) is 4.04. The number of amides is 4. The summed E-state index contributed by atoms with van der Waals surface area (Å²) in [5, 5.41) is 2.93. The van der Waals surface area contributed by atoms with E-state index in [-0.39, 0.29) is 23.8 Å². The molecule has 1 atom stereocenters. The van der Waals surface area contributed by atoms with Gasteiger partial charge in [-0.1, -0.05) is 17.7 Å². The number of benzene rings is 1. The number of carbonyl (C=O) groups is 3. The molecule has 26 heavy (non-hydrogen) atoms. The normalized spacial score (nSPS) is 25.3. The van der Waals surface area contributed by atoms with Gasteiger partial charge in [-0.05, 0) is 43.4 Å². The zero-order chi connectivity index (χ0) is 18.3. The smallest absolute Gasteiger partial charge is 0.323 e. The molecule has 3 heterocycles. The number of aryl methyl sites for hydroxylation is 1. The minimum absolute atomic E-state index is 0.0216. The number of rotatable bonds is 3. The van der Waals surface area contributed by atoms with E-state index < -0.39 is 5.54 Å². The number of hydrogen-bond donors (Lipinski definition) is 1. The number of nitrogens with zero attached hydrogens (tertiary/aromatic N) is 2. The van der Waals surface area contributed by atoms with Crippen LogP contribution in [0.25, 0.3) is 0 Å². The van der Waals surface area contributed by atoms with E-state index in [9.17, 15) is 14.4 Å². The molecule has 4 rings (SSSR count). The Kier molecular flexibility index (Phi) is 4.42. The number of carbonyl (C=O) groups excluding carboxylic acids is 3. The van der Waals surface area contributed by atoms with E-state index in [2.05, 4.69) is 5.32 Å². The Hall–Kier alpha value is -2.02. The van der Waals surface area contributed by atoms with E-state index >= 15 is 0 Å². The number of urea groups is 1. The van der Waals surface area contributed by atoms with E-state index in [1.165, 1.54) is 4.90 Å². The Morgan fingerprint density at radius 1 is 1.15 bits per heavy atom. The maximum Gasteiger partial charge on any atom is 0.325 e. The fraction of sp³-hybridized carbons (Fsp3) is 0.526. The van der Waals surface area contributed by atoms with Crippen LogP contribution in [0.4, 0.5) is 10.5 Å². The average Bonchev–Trinajstić information content (AvgIpc) is 3.10. The molecule has 1 spiro atoms. The first kappa shape index (κ1) is 17.4. The Morgan fingerprint density at radius 3 is 2.54 bits per heavy atom. The van der Waals surface area contributed by atoms with Gasteiger partial charge in [0.25, 0.3) is 5.91 Å². The van der Waals surface area contributed by atoms with Crippen LogP contribution >= 0.6 is 11.8 Å². The van der Waals surface area contributed by atoms with Gasteiger partial charge in [0.1, 0.15) is 5.54 Å². The summed E-state index contributed by atoms with van der Waals surface area (Å²) < 4.78 is 0. The van der Waals surface area contributed by atoms with E-state index in [1.54, 1.807) is 4.90 Å². The summed E-state index contributed by atoms with van der Waals surface area (Å²) in [6.07, 6.45) is 1.75. The van der Waals surface area contributed by atoms with Crippen molar-refractivity contribution in [1.29, 1.82) is 0 Å². The van der Waals surface area contributed by atoms with Crippen LogP contribution in [-0.4, -0.2) is 52.9 Å². The van der Waals surface area contributed by atoms with Gasteiger partial charge in [-0.2, -0.15) is 11.8 Å². The lowest BCUT2D eigenvalue weighted by molar-refractivity contribution is -0.132. The number of nitrogens with one attached hydrogen (secondary N) is 1. The predicted octanol–water partition coefficient (Wildman–Crippen LogP) is 2.17. The minimum Gasteiger partial charge on any atom is -0.323 e. The van der Waals surface area contributed by atoms with Crippen LogP contribution in [0.3, 0.4) is 0 Å². The van der Waals surface area contributed by atoms with Crippen LogP contribution in [0.5, 0.6) is 0 Å². The van der Waals surface area contributed by atoms with Gasteiger partial charge in [-0.25, -0.2) is 4.79 Å². The van der Waals surface area contributed by atoms with Gasteiger partial charge in [-0.15, -0.1) is 0 Å². The average molecular weight is 373 g/mol. The fourth-order valence-corrected chi connectivity index (χ4v) is 5.23. The second kappa shape index (κ2) is 6.61. The van der Waals surface area contributed by atoms with Crippen LogP contribution in [-0.2, 0) is 9.59 Å². The second-order valence-corrected chi connectivity index (χ2v) is 8.68. The van der Waals surface area contributed by atoms with E-state index in [4.69, 9.17) is 0 Å². The number of thioether (sulfide) groups is 1. The maximum atomic E-state index is 12.9. The molecular formula is C19H23N3O3S. The standard InChI is InChI=1S/C19H23N3O3S/c1-13-2-4-15(5-3-13)21-11-14(10-16(21)23)12-22-17(24)19(20-18(22)25)6-8-26-9-7-19/h2-5,14H,6-12H2,1H3,(H,20,25). The minimum atomic E-state index is -0.707. The monoisotopic (exact) mass is 373 g/mol. The molecule has 1 N–H and O–H groups in total. The maximum absolute atomic E-state index is 12.9. The molecule has 6 nitrogen and oxygen atoms in total. The number of imide groups is 1. The lowest BCUT2D eigenvalue weighted by atomic mass is 9.92. The van der Waals surface area contributed by atoms with Crippen molar-refractivity contribution < 1.29 is 14.4 Å². The topological polar surface area (TPSA) is 69.7 Å². The van der Waals surface area contributed by atoms with Gasteiger partial charge in [0.15, 0.2) is 0 Å². The van der Waals surface area contributed by atoms with Crippen molar-refractivity contribution in [3.63, 3.8) is 0 Å². The van der Waals surface area contributed by atoms with Crippen molar-refractivity contribution in [3.05, 3.63) is 29.8 Å². The van der Waals surface area contributed by atoms with Gasteiger partial charge >= 0.3 is 6.03 Å². The molecule has 138 valence electrons. The molecule has 1 aromatic carbocycles. The van der Waals surface area contributed by atoms with Crippen molar-refractivity contribution >= 4 is 35.3 Å². The summed E-state index contributed by atoms with van der Waals surface area (Å²) in [5.41, 5.74) is 1.31. The van der Waals surface area contributed by atoms with Gasteiger partial charge in [0.05, 0.1) is 0 Å². The Morgan fingerprint density at radius 2 is 1.85 bits per heavy atom. The lowest BCUT2D eigenvalue weighted by Gasteiger charge is -2.30. The third-order valence-electron chi connectivity index (χ3n) is 5.58. The van der Waals surface area contributed by atoms with Crippen LogP contribution in [0.15, 0.2) is 24.3 Å². The second-order valence-electron chi connectivity index (χ2n) is 7.45. The highest BCUT2D eigenvalue weighted by molar-refractivity contribution is 7.99. The molecule has 3 saturated heterocycles. The first-order chi connectivity index (χ1) is 12.5. The summed E-state index contributed by atoms with van der Waals surface area (Å²) >= 11 is 1.82. The summed E-state index contributed by atoms with van der Waals surface area (Å²) in [6.45, 7) is 2.87. The molecule has 3 aliphatic heterocycles. The number of hydrogen-bond acceptors (Lipinski definition) is 4. The lowest BCUT2D eigenvalue weighted by Crippen LogP contribution is -2.49. The molecule has 0 saturated carbocycles. The number of anilines is 1. The highest BCUT2D eigenvalue weighted by Crippen LogP contribution is 2.34. The van der Waals surface area contributed by atoms with E-state index in [0.29, 0.717) is 32.4 Å². The SMILES string of the molecule is Cc1ccc(N2CC(CN3C(=O)NC4(CCSCC4)C3=O)CC2=O)cc1. The molecular weight excluding hydrogens is 350 g/mol. The van der Waals surface area contributed by atoms with Crippen LogP contribution in [0.2, 0.25) is 0 Å². The van der Waals surface area contributed by atoms with Crippen molar-refractivity contribution in [3.8, 4) is 0 Å². The molecule has 7 heteroatoms. The van der Waals surface area contributed by atoms with Gasteiger partial charge in [0.2, 0.25) is 5.91 Å². The predicted molar refractivity (Wildman–Crippen MR) is 101 cm³/mol. The Bertz CT molecular complexity index is 743. The quantitative estimate of drug-likeness (QED) is 0.825. The summed E-state index contributed by atoms with van der Waals surface area (Å²) in [7, 11) is 0. The zero-order valence-electron chi connectivity index (χ0n) is 14.9. The van der Waals surface area contributed by atoms with Crippen molar-refractivity contribution in [2.75, 3.05) is 29.5 Å². The highest BCUT2D eigenvalue weighted by Gasteiger charge is 2.52. The van der Waals surface area contributed by atoms with Crippen LogP contribution in [0, 0.1) is 12.8 Å². The summed E-state index contributed by atoms with van der Waals surface area (Å²) in [4.78, 5) is 40.8. The molecule has 1 unspecified atom stereocenters. The van der Waals surface area contributed by atoms with Crippen molar-refractivity contribution in [2.24, 2.45) is 5.92 Å². The van der Waals surface area contributed by atoms with Gasteiger partial charge < -0.3 is 10.2 Å². The van der Waals surface area contributed by atoms with Crippen LogP contribution in [0.1, 0.15) is 24.8 Å².